The fraction of sp³-hybridized carbons (Fsp3) is 0.719. The molecule has 0 spiro atoms. The molecule has 4 aliphatic rings. The maximum atomic E-state index is 14.6. The van der Waals surface area contributed by atoms with Crippen LogP contribution in [0, 0.1) is 28.1 Å². The number of hydrogen-bond donors (Lipinski definition) is 1. The smallest absolute Gasteiger partial charge is 0.291 e. The molecular formula is C32H46N2O4S. The van der Waals surface area contributed by atoms with E-state index in [0.29, 0.717) is 12.3 Å². The van der Waals surface area contributed by atoms with Gasteiger partial charge in [0.25, 0.3) is 5.95 Å². The highest BCUT2D eigenvalue weighted by Gasteiger charge is 2.67. The van der Waals surface area contributed by atoms with E-state index in [-0.39, 0.29) is 41.2 Å². The van der Waals surface area contributed by atoms with Crippen molar-refractivity contribution in [1.29, 1.82) is 5.26 Å². The van der Waals surface area contributed by atoms with Crippen molar-refractivity contribution in [3.63, 3.8) is 0 Å². The average molecular weight is 555 g/mol. The van der Waals surface area contributed by atoms with Crippen molar-refractivity contribution >= 4 is 10.0 Å². The molecule has 39 heavy (non-hydrogen) atoms. The van der Waals surface area contributed by atoms with Gasteiger partial charge in [-0.25, -0.2) is 8.42 Å². The van der Waals surface area contributed by atoms with Gasteiger partial charge in [0.2, 0.25) is 10.0 Å². The molecule has 7 heteroatoms. The zero-order chi connectivity index (χ0) is 27.7. The van der Waals surface area contributed by atoms with Crippen LogP contribution in [0.2, 0.25) is 0 Å². The van der Waals surface area contributed by atoms with E-state index in [9.17, 15) is 18.8 Å². The minimum Gasteiger partial charge on any atom is -0.480 e. The second-order valence-corrected chi connectivity index (χ2v) is 15.1. The first kappa shape index (κ1) is 28.5. The largest absolute Gasteiger partial charge is 0.480 e. The molecule has 5 rings (SSSR count). The topological polar surface area (TPSA) is 90.6 Å². The van der Waals surface area contributed by atoms with E-state index in [2.05, 4.69) is 19.9 Å². The van der Waals surface area contributed by atoms with Gasteiger partial charge in [0.05, 0.1) is 5.75 Å². The van der Waals surface area contributed by atoms with Crippen LogP contribution in [-0.2, 0) is 21.2 Å². The summed E-state index contributed by atoms with van der Waals surface area (Å²) < 4.78 is 37.4. The number of hydrogen-bond acceptors (Lipinski definition) is 5. The number of aliphatic hydroxyl groups is 1. The molecule has 0 aliphatic heterocycles. The number of sulfonamides is 1. The first-order chi connectivity index (χ1) is 18.7. The summed E-state index contributed by atoms with van der Waals surface area (Å²) in [7, 11) is -3.57. The standard InChI is InChI=1S/C32H46N2O4S/c1-31(2)26-18-19-32(31,29(21-26)38-30(35)25(22-33)20-24-12-6-3-7-13-24)23-39(36,37)34(27-14-8-4-9-15-27)28-16-10-5-11-17-28/h3,6-7,12-13,26-29,35H,4-5,8-11,14-21,23H2,1-2H3/b30-25-/t26-,29-,32-/m1/s1. The van der Waals surface area contributed by atoms with E-state index >= 15 is 0 Å². The van der Waals surface area contributed by atoms with Crippen LogP contribution in [0.1, 0.15) is 103 Å². The third kappa shape index (κ3) is 5.48. The lowest BCUT2D eigenvalue weighted by Gasteiger charge is -2.46. The van der Waals surface area contributed by atoms with Gasteiger partial charge in [-0.15, -0.1) is 0 Å². The molecule has 1 aromatic rings. The lowest BCUT2D eigenvalue weighted by molar-refractivity contribution is -0.0516. The Kier molecular flexibility index (Phi) is 8.36. The van der Waals surface area contributed by atoms with E-state index in [1.54, 1.807) is 0 Å². The summed E-state index contributed by atoms with van der Waals surface area (Å²) in [6.45, 7) is 4.40. The summed E-state index contributed by atoms with van der Waals surface area (Å²) in [6.07, 6.45) is 13.0. The van der Waals surface area contributed by atoms with Crippen LogP contribution in [0.4, 0.5) is 0 Å². The normalized spacial score (nSPS) is 30.2. The zero-order valence-corrected chi connectivity index (χ0v) is 24.6. The Morgan fingerprint density at radius 3 is 2.13 bits per heavy atom. The monoisotopic (exact) mass is 554 g/mol. The number of allylic oxidation sites excluding steroid dienone is 1. The maximum Gasteiger partial charge on any atom is 0.291 e. The summed E-state index contributed by atoms with van der Waals surface area (Å²) in [4.78, 5) is 0. The molecule has 2 bridgehead atoms. The molecule has 4 fully saturated rings. The van der Waals surface area contributed by atoms with Crippen LogP contribution in [-0.4, -0.2) is 41.8 Å². The third-order valence-electron chi connectivity index (χ3n) is 10.9. The van der Waals surface area contributed by atoms with Crippen molar-refractivity contribution in [2.24, 2.45) is 16.7 Å². The van der Waals surface area contributed by atoms with Gasteiger partial charge < -0.3 is 9.84 Å². The summed E-state index contributed by atoms with van der Waals surface area (Å²) >= 11 is 0. The molecule has 1 aromatic carbocycles. The molecule has 0 heterocycles. The van der Waals surface area contributed by atoms with Crippen molar-refractivity contribution in [3.05, 3.63) is 47.4 Å². The van der Waals surface area contributed by atoms with E-state index < -0.39 is 21.5 Å². The highest BCUT2D eigenvalue weighted by atomic mass is 32.2. The molecule has 0 saturated heterocycles. The minimum absolute atomic E-state index is 0.0645. The molecule has 6 nitrogen and oxygen atoms in total. The van der Waals surface area contributed by atoms with Crippen molar-refractivity contribution in [2.75, 3.05) is 5.75 Å². The van der Waals surface area contributed by atoms with E-state index in [1.807, 2.05) is 34.6 Å². The maximum absolute atomic E-state index is 14.6. The SMILES string of the molecule is CC1(C)[C@@H]2CC[C@@]1(CS(=O)(=O)N(C1CCCCC1)C1CCCCC1)[C@H](O/C(O)=C(\C#N)Cc1ccccc1)C2. The molecule has 0 radical (unpaired) electrons. The number of ether oxygens (including phenoxy) is 1. The molecule has 3 atom stereocenters. The molecule has 0 amide bonds. The lowest BCUT2D eigenvalue weighted by atomic mass is 9.69. The van der Waals surface area contributed by atoms with Gasteiger partial charge in [-0.05, 0) is 61.8 Å². The van der Waals surface area contributed by atoms with Gasteiger partial charge in [-0.3, -0.25) is 0 Å². The Morgan fingerprint density at radius 1 is 1.00 bits per heavy atom. The van der Waals surface area contributed by atoms with Crippen LogP contribution in [0.3, 0.4) is 0 Å². The molecule has 0 aromatic heterocycles. The minimum atomic E-state index is -3.57. The first-order valence-corrected chi connectivity index (χ1v) is 16.8. The summed E-state index contributed by atoms with van der Waals surface area (Å²) in [5.74, 6) is 0.0560. The molecule has 214 valence electrons. The molecule has 4 aliphatic carbocycles. The second kappa shape index (κ2) is 11.4. The van der Waals surface area contributed by atoms with Crippen molar-refractivity contribution in [2.45, 2.75) is 122 Å². The number of aliphatic hydroxyl groups excluding tert-OH is 1. The van der Waals surface area contributed by atoms with Gasteiger partial charge >= 0.3 is 0 Å². The number of nitriles is 1. The lowest BCUT2D eigenvalue weighted by Crippen LogP contribution is -2.54. The van der Waals surface area contributed by atoms with Crippen LogP contribution in [0.5, 0.6) is 0 Å². The van der Waals surface area contributed by atoms with E-state index in [0.717, 1.165) is 69.8 Å². The van der Waals surface area contributed by atoms with Crippen molar-refractivity contribution in [3.8, 4) is 6.07 Å². The number of nitrogens with zero attached hydrogens (tertiary/aromatic N) is 2. The van der Waals surface area contributed by atoms with Crippen LogP contribution < -0.4 is 0 Å². The second-order valence-electron chi connectivity index (χ2n) is 13.2. The van der Waals surface area contributed by atoms with Crippen LogP contribution >= 0.6 is 0 Å². The fourth-order valence-electron chi connectivity index (χ4n) is 8.50. The predicted molar refractivity (Wildman–Crippen MR) is 153 cm³/mol. The highest BCUT2D eigenvalue weighted by molar-refractivity contribution is 7.89. The Labute approximate surface area is 235 Å². The van der Waals surface area contributed by atoms with Crippen molar-refractivity contribution < 1.29 is 18.3 Å². The van der Waals surface area contributed by atoms with Gasteiger partial charge in [-0.2, -0.15) is 9.57 Å². The Hall–Kier alpha value is -2.04. The van der Waals surface area contributed by atoms with Gasteiger partial charge in [-0.1, -0.05) is 82.7 Å². The van der Waals surface area contributed by atoms with Gasteiger partial charge in [0.15, 0.2) is 0 Å². The van der Waals surface area contributed by atoms with Gasteiger partial charge in [0, 0.05) is 23.9 Å². The Balaban J connectivity index is 1.44. The fourth-order valence-corrected chi connectivity index (χ4v) is 11.3. The van der Waals surface area contributed by atoms with Crippen LogP contribution in [0.15, 0.2) is 41.9 Å². The zero-order valence-electron chi connectivity index (χ0n) is 23.8. The third-order valence-corrected chi connectivity index (χ3v) is 13.0. The molecule has 1 N–H and O–H groups in total. The highest BCUT2D eigenvalue weighted by Crippen LogP contribution is 2.67. The number of rotatable bonds is 9. The van der Waals surface area contributed by atoms with Crippen molar-refractivity contribution in [1.82, 2.24) is 4.31 Å². The molecule has 4 saturated carbocycles. The average Bonchev–Trinajstić information content (AvgIpc) is 3.28. The summed E-state index contributed by atoms with van der Waals surface area (Å²) in [5, 5.41) is 20.9. The van der Waals surface area contributed by atoms with Gasteiger partial charge in [0.1, 0.15) is 17.7 Å². The quantitative estimate of drug-likeness (QED) is 0.261. The van der Waals surface area contributed by atoms with E-state index in [1.165, 1.54) is 12.8 Å². The van der Waals surface area contributed by atoms with Crippen LogP contribution in [0.25, 0.3) is 0 Å². The number of benzene rings is 1. The predicted octanol–water partition coefficient (Wildman–Crippen LogP) is 7.03. The molecule has 0 unspecified atom stereocenters. The Bertz CT molecular complexity index is 1160. The summed E-state index contributed by atoms with van der Waals surface area (Å²) in [6, 6.07) is 11.9. The molecular weight excluding hydrogens is 508 g/mol. The first-order valence-electron chi connectivity index (χ1n) is 15.2. The summed E-state index contributed by atoms with van der Waals surface area (Å²) in [5.41, 5.74) is 0.276. The van der Waals surface area contributed by atoms with E-state index in [4.69, 9.17) is 4.74 Å². The number of fused-ring (bicyclic) bond motifs is 2. The Morgan fingerprint density at radius 2 is 1.59 bits per heavy atom.